The summed E-state index contributed by atoms with van der Waals surface area (Å²) in [5, 5.41) is 0. The highest BCUT2D eigenvalue weighted by Crippen LogP contribution is 2.19. The van der Waals surface area contributed by atoms with E-state index in [-0.39, 0.29) is 0 Å². The van der Waals surface area contributed by atoms with Crippen LogP contribution in [0.4, 0.5) is 0 Å². The summed E-state index contributed by atoms with van der Waals surface area (Å²) in [5.41, 5.74) is 0. The van der Waals surface area contributed by atoms with Gasteiger partial charge in [0, 0.05) is 26.9 Å². The molecule has 0 aromatic rings. The van der Waals surface area contributed by atoms with Crippen molar-refractivity contribution in [2.75, 3.05) is 53.4 Å². The minimum atomic E-state index is -1.97. The van der Waals surface area contributed by atoms with E-state index in [1.807, 2.05) is 7.11 Å². The van der Waals surface area contributed by atoms with Gasteiger partial charge in [0.15, 0.2) is 0 Å². The van der Waals surface area contributed by atoms with Gasteiger partial charge in [-0.25, -0.2) is 0 Å². The Morgan fingerprint density at radius 2 is 1.03 bits per heavy atom. The van der Waals surface area contributed by atoms with Crippen LogP contribution < -0.4 is 0 Å². The maximum Gasteiger partial charge on any atom is 0.334 e. The molecule has 2 aliphatic heterocycles. The van der Waals surface area contributed by atoms with E-state index < -0.39 is 8.56 Å². The number of unbranched alkanes of at least 4 members (excludes halogenated alkanes) is 11. The Labute approximate surface area is 198 Å². The molecule has 0 aromatic heterocycles. The van der Waals surface area contributed by atoms with Gasteiger partial charge in [-0.1, -0.05) is 64.2 Å². The molecule has 0 bridgehead atoms. The van der Waals surface area contributed by atoms with Crippen LogP contribution in [0.15, 0.2) is 0 Å². The van der Waals surface area contributed by atoms with Crippen molar-refractivity contribution in [3.63, 3.8) is 0 Å². The molecule has 0 radical (unpaired) electrons. The number of hydrogen-bond acceptors (Lipinski definition) is 6. The van der Waals surface area contributed by atoms with Crippen LogP contribution in [0.5, 0.6) is 0 Å². The van der Waals surface area contributed by atoms with Crippen LogP contribution in [-0.2, 0) is 27.8 Å². The van der Waals surface area contributed by atoms with Crippen LogP contribution in [0.2, 0.25) is 12.6 Å². The molecule has 0 amide bonds. The molecule has 2 fully saturated rings. The molecule has 32 heavy (non-hydrogen) atoms. The molecule has 2 aliphatic rings. The first-order chi connectivity index (χ1) is 15.7. The first kappa shape index (κ1) is 28.2. The predicted molar refractivity (Wildman–Crippen MR) is 131 cm³/mol. The minimum Gasteiger partial charge on any atom is -0.398 e. The molecule has 2 heterocycles. The SMILES string of the molecule is CO[Si](C)(CCCCCCCCOCC1CO1)OCCCCCCCCCOCC1CO1. The van der Waals surface area contributed by atoms with E-state index in [0.717, 1.165) is 58.7 Å². The van der Waals surface area contributed by atoms with Crippen LogP contribution >= 0.6 is 0 Å². The molecule has 2 saturated heterocycles. The summed E-state index contributed by atoms with van der Waals surface area (Å²) in [6, 6.07) is 1.11. The number of epoxide rings is 2. The Morgan fingerprint density at radius 3 is 1.47 bits per heavy atom. The zero-order valence-corrected chi connectivity index (χ0v) is 22.0. The lowest BCUT2D eigenvalue weighted by Crippen LogP contribution is -2.37. The van der Waals surface area contributed by atoms with Crippen molar-refractivity contribution in [3.8, 4) is 0 Å². The van der Waals surface area contributed by atoms with Crippen molar-refractivity contribution in [3.05, 3.63) is 0 Å². The molecule has 190 valence electrons. The summed E-state index contributed by atoms with van der Waals surface area (Å²) in [6.45, 7) is 8.22. The molecule has 0 aromatic carbocycles. The van der Waals surface area contributed by atoms with E-state index in [2.05, 4.69) is 6.55 Å². The Kier molecular flexibility index (Phi) is 16.2. The quantitative estimate of drug-likeness (QED) is 0.0971. The highest BCUT2D eigenvalue weighted by molar-refractivity contribution is 6.65. The third-order valence-electron chi connectivity index (χ3n) is 6.35. The molecular weight excluding hydrogens is 424 g/mol. The highest BCUT2D eigenvalue weighted by atomic mass is 28.4. The summed E-state index contributed by atoms with van der Waals surface area (Å²) >= 11 is 0. The van der Waals surface area contributed by atoms with E-state index in [1.165, 1.54) is 77.0 Å². The highest BCUT2D eigenvalue weighted by Gasteiger charge is 2.29. The number of hydrogen-bond donors (Lipinski definition) is 0. The molecule has 3 atom stereocenters. The summed E-state index contributed by atoms with van der Waals surface area (Å²) in [4.78, 5) is 0. The van der Waals surface area contributed by atoms with Gasteiger partial charge in [-0.15, -0.1) is 0 Å². The summed E-state index contributed by atoms with van der Waals surface area (Å²) in [7, 11) is -0.133. The maximum absolute atomic E-state index is 6.23. The Hall–Kier alpha value is -0.0231. The minimum absolute atomic E-state index is 0.393. The van der Waals surface area contributed by atoms with E-state index in [9.17, 15) is 0 Å². The van der Waals surface area contributed by atoms with Gasteiger partial charge in [-0.2, -0.15) is 0 Å². The second kappa shape index (κ2) is 18.3. The lowest BCUT2D eigenvalue weighted by molar-refractivity contribution is 0.113. The van der Waals surface area contributed by atoms with Crippen molar-refractivity contribution in [1.29, 1.82) is 0 Å². The number of rotatable bonds is 25. The van der Waals surface area contributed by atoms with Crippen molar-refractivity contribution in [2.24, 2.45) is 0 Å². The fourth-order valence-corrected chi connectivity index (χ4v) is 5.76. The largest absolute Gasteiger partial charge is 0.398 e. The topological polar surface area (TPSA) is 62.0 Å². The summed E-state index contributed by atoms with van der Waals surface area (Å²) in [6.07, 6.45) is 17.2. The predicted octanol–water partition coefficient (Wildman–Crippen LogP) is 5.62. The fraction of sp³-hybridized carbons (Fsp3) is 1.00. The van der Waals surface area contributed by atoms with Gasteiger partial charge in [0.2, 0.25) is 0 Å². The first-order valence-electron chi connectivity index (χ1n) is 13.3. The maximum atomic E-state index is 6.23. The molecule has 7 heteroatoms. The van der Waals surface area contributed by atoms with Gasteiger partial charge in [-0.3, -0.25) is 0 Å². The van der Waals surface area contributed by atoms with E-state index >= 15 is 0 Å². The molecule has 0 saturated carbocycles. The van der Waals surface area contributed by atoms with Gasteiger partial charge in [0.05, 0.1) is 26.4 Å². The first-order valence-corrected chi connectivity index (χ1v) is 15.8. The van der Waals surface area contributed by atoms with Crippen molar-refractivity contribution in [2.45, 2.75) is 108 Å². The van der Waals surface area contributed by atoms with Gasteiger partial charge >= 0.3 is 8.56 Å². The van der Waals surface area contributed by atoms with Gasteiger partial charge < -0.3 is 27.8 Å². The van der Waals surface area contributed by atoms with Gasteiger partial charge in [0.25, 0.3) is 0 Å². The Morgan fingerprint density at radius 1 is 0.625 bits per heavy atom. The Bertz CT molecular complexity index is 433. The zero-order valence-electron chi connectivity index (χ0n) is 21.0. The lowest BCUT2D eigenvalue weighted by atomic mass is 10.1. The van der Waals surface area contributed by atoms with Crippen LogP contribution in [0.1, 0.15) is 83.5 Å². The molecule has 0 aliphatic carbocycles. The lowest BCUT2D eigenvalue weighted by Gasteiger charge is -2.25. The average Bonchev–Trinajstić information content (AvgIpc) is 3.71. The monoisotopic (exact) mass is 474 g/mol. The normalized spacial score (nSPS) is 21.6. The second-order valence-electron chi connectivity index (χ2n) is 9.59. The van der Waals surface area contributed by atoms with E-state index in [4.69, 9.17) is 27.8 Å². The molecule has 3 unspecified atom stereocenters. The molecular formula is C25H50O6Si. The molecule has 2 rings (SSSR count). The summed E-state index contributed by atoms with van der Waals surface area (Å²) < 4.78 is 33.5. The van der Waals surface area contributed by atoms with E-state index in [0.29, 0.717) is 12.2 Å². The van der Waals surface area contributed by atoms with Crippen LogP contribution in [0, 0.1) is 0 Å². The fourth-order valence-electron chi connectivity index (χ4n) is 3.83. The zero-order chi connectivity index (χ0) is 22.7. The van der Waals surface area contributed by atoms with Crippen molar-refractivity contribution >= 4 is 8.56 Å². The Balaban J connectivity index is 1.28. The third-order valence-corrected chi connectivity index (χ3v) is 9.29. The molecule has 0 spiro atoms. The van der Waals surface area contributed by atoms with Gasteiger partial charge in [-0.05, 0) is 31.9 Å². The number of ether oxygens (including phenoxy) is 4. The van der Waals surface area contributed by atoms with Crippen molar-refractivity contribution in [1.82, 2.24) is 0 Å². The van der Waals surface area contributed by atoms with Crippen LogP contribution in [0.25, 0.3) is 0 Å². The van der Waals surface area contributed by atoms with Crippen LogP contribution in [0.3, 0.4) is 0 Å². The molecule has 0 N–H and O–H groups in total. The van der Waals surface area contributed by atoms with Crippen LogP contribution in [-0.4, -0.2) is 74.1 Å². The molecule has 6 nitrogen and oxygen atoms in total. The smallest absolute Gasteiger partial charge is 0.334 e. The summed E-state index contributed by atoms with van der Waals surface area (Å²) in [5.74, 6) is 0. The average molecular weight is 475 g/mol. The second-order valence-corrected chi connectivity index (χ2v) is 13.1. The van der Waals surface area contributed by atoms with Crippen molar-refractivity contribution < 1.29 is 27.8 Å². The van der Waals surface area contributed by atoms with E-state index in [1.54, 1.807) is 0 Å². The standard InChI is InChI=1S/C25H50O6Si/c1-26-32(2,19-15-11-7-6-9-13-17-28-21-25-23-30-25)31-18-14-10-5-3-4-8-12-16-27-20-24-22-29-24/h24-25H,3-23H2,1-2H3. The third kappa shape index (κ3) is 16.6. The van der Waals surface area contributed by atoms with Gasteiger partial charge in [0.1, 0.15) is 12.2 Å².